The summed E-state index contributed by atoms with van der Waals surface area (Å²) in [6.07, 6.45) is 3.23. The molecule has 0 aliphatic rings. The maximum atomic E-state index is 13.7. The van der Waals surface area contributed by atoms with Gasteiger partial charge in [-0.1, -0.05) is 57.7 Å². The smallest absolute Gasteiger partial charge is 0.141 e. The summed E-state index contributed by atoms with van der Waals surface area (Å²) in [5, 5.41) is 26.5. The van der Waals surface area contributed by atoms with Crippen molar-refractivity contribution >= 4 is 74.4 Å². The van der Waals surface area contributed by atoms with Gasteiger partial charge in [0.15, 0.2) is 0 Å². The Kier molecular flexibility index (Phi) is 7.28. The normalized spacial score (nSPS) is 11.8. The molecule has 0 saturated heterocycles. The molecule has 1 unspecified atom stereocenters. The molecule has 0 spiro atoms. The Hall–Kier alpha value is -3.61. The Bertz CT molecular complexity index is 1730. The highest BCUT2D eigenvalue weighted by molar-refractivity contribution is 6.42. The summed E-state index contributed by atoms with van der Waals surface area (Å²) in [5.41, 5.74) is 3.69. The van der Waals surface area contributed by atoms with E-state index in [1.54, 1.807) is 42.2 Å². The van der Waals surface area contributed by atoms with Crippen LogP contribution in [0.15, 0.2) is 60.9 Å². The third-order valence-corrected chi connectivity index (χ3v) is 6.99. The van der Waals surface area contributed by atoms with Crippen molar-refractivity contribution in [1.82, 2.24) is 20.0 Å². The highest BCUT2D eigenvalue weighted by Gasteiger charge is 2.22. The van der Waals surface area contributed by atoms with Gasteiger partial charge in [0.1, 0.15) is 17.6 Å². The number of anilines is 3. The topological polar surface area (TPSA) is 91.5 Å². The second kappa shape index (κ2) is 10.6. The highest BCUT2D eigenvalue weighted by atomic mass is 35.5. The minimum absolute atomic E-state index is 0.0549. The molecule has 0 aliphatic carbocycles. The van der Waals surface area contributed by atoms with Crippen LogP contribution in [-0.4, -0.2) is 20.0 Å². The first-order valence-electron chi connectivity index (χ1n) is 11.1. The van der Waals surface area contributed by atoms with E-state index in [0.29, 0.717) is 48.7 Å². The minimum Gasteiger partial charge on any atom is -0.371 e. The fourth-order valence-electron chi connectivity index (χ4n) is 3.99. The molecule has 2 N–H and O–H groups in total. The lowest BCUT2D eigenvalue weighted by atomic mass is 10.0. The molecule has 0 amide bonds. The second-order valence-electron chi connectivity index (χ2n) is 8.33. The molecule has 0 bridgehead atoms. The number of aromatic nitrogens is 4. The Morgan fingerprint density at radius 1 is 1.00 bits per heavy atom. The molecule has 0 radical (unpaired) electrons. The lowest BCUT2D eigenvalue weighted by Crippen LogP contribution is -2.14. The molecule has 3 aromatic carbocycles. The van der Waals surface area contributed by atoms with Gasteiger partial charge >= 0.3 is 0 Å². The van der Waals surface area contributed by atoms with Crippen LogP contribution in [0.3, 0.4) is 0 Å². The Morgan fingerprint density at radius 3 is 2.50 bits per heavy atom. The van der Waals surface area contributed by atoms with Crippen LogP contribution in [0.5, 0.6) is 0 Å². The van der Waals surface area contributed by atoms with E-state index in [-0.39, 0.29) is 10.6 Å². The van der Waals surface area contributed by atoms with E-state index in [1.807, 2.05) is 6.07 Å². The fraction of sp³-hybridized carbons (Fsp3) is 0.0769. The maximum absolute atomic E-state index is 13.7. The molecular formula is C26H16Cl4FN7. The van der Waals surface area contributed by atoms with Gasteiger partial charge in [-0.3, -0.25) is 9.67 Å². The molecular weight excluding hydrogens is 571 g/mol. The highest BCUT2D eigenvalue weighted by Crippen LogP contribution is 2.38. The predicted octanol–water partition coefficient (Wildman–Crippen LogP) is 7.93. The number of nitriles is 1. The number of fused-ring (bicyclic) bond motifs is 1. The van der Waals surface area contributed by atoms with Crippen molar-refractivity contribution in [2.75, 3.05) is 10.6 Å². The lowest BCUT2D eigenvalue weighted by molar-refractivity contribution is 0.628. The van der Waals surface area contributed by atoms with E-state index in [2.05, 4.69) is 32.0 Å². The van der Waals surface area contributed by atoms with E-state index in [0.717, 1.165) is 5.56 Å². The predicted molar refractivity (Wildman–Crippen MR) is 149 cm³/mol. The number of hydrogen-bond donors (Lipinski definition) is 2. The van der Waals surface area contributed by atoms with Crippen LogP contribution < -0.4 is 10.6 Å². The number of nitrogens with one attached hydrogen (secondary N) is 2. The monoisotopic (exact) mass is 585 g/mol. The van der Waals surface area contributed by atoms with Gasteiger partial charge < -0.3 is 10.6 Å². The largest absolute Gasteiger partial charge is 0.371 e. The summed E-state index contributed by atoms with van der Waals surface area (Å²) in [6.45, 7) is 0. The van der Waals surface area contributed by atoms with Crippen molar-refractivity contribution in [2.45, 2.75) is 6.04 Å². The number of benzene rings is 3. The second-order valence-corrected chi connectivity index (χ2v) is 9.99. The molecule has 190 valence electrons. The average Bonchev–Trinajstić information content (AvgIpc) is 3.32. The quantitative estimate of drug-likeness (QED) is 0.210. The number of hydrogen-bond acceptors (Lipinski definition) is 6. The van der Waals surface area contributed by atoms with Crippen LogP contribution in [0.2, 0.25) is 20.1 Å². The van der Waals surface area contributed by atoms with E-state index in [4.69, 9.17) is 46.4 Å². The molecule has 7 nitrogen and oxygen atoms in total. The molecule has 0 aliphatic heterocycles. The lowest BCUT2D eigenvalue weighted by Gasteiger charge is -2.21. The molecule has 2 heterocycles. The van der Waals surface area contributed by atoms with Crippen molar-refractivity contribution < 1.29 is 4.39 Å². The first-order valence-corrected chi connectivity index (χ1v) is 12.6. The molecule has 5 rings (SSSR count). The molecule has 5 aromatic rings. The van der Waals surface area contributed by atoms with Crippen LogP contribution in [0.4, 0.5) is 21.5 Å². The minimum atomic E-state index is -0.552. The SMILES string of the molecule is Cn1cc(C(Nc2cc(Cl)cc3c(Nc4ccc(F)c(Cl)c4)c(C#N)cnc23)c2ccc(Cl)c(Cl)c2)nn1. The number of nitrogens with zero attached hydrogens (tertiary/aromatic N) is 5. The van der Waals surface area contributed by atoms with E-state index < -0.39 is 11.9 Å². The van der Waals surface area contributed by atoms with Crippen molar-refractivity contribution in [1.29, 1.82) is 5.26 Å². The van der Waals surface area contributed by atoms with Crippen molar-refractivity contribution in [3.05, 3.63) is 104 Å². The van der Waals surface area contributed by atoms with E-state index in [9.17, 15) is 9.65 Å². The average molecular weight is 587 g/mol. The van der Waals surface area contributed by atoms with Gasteiger partial charge in [0, 0.05) is 29.3 Å². The number of rotatable bonds is 6. The van der Waals surface area contributed by atoms with E-state index in [1.165, 1.54) is 24.4 Å². The molecule has 2 aromatic heterocycles. The van der Waals surface area contributed by atoms with Gasteiger partial charge in [0.2, 0.25) is 0 Å². The Balaban J connectivity index is 1.65. The summed E-state index contributed by atoms with van der Waals surface area (Å²) < 4.78 is 15.3. The zero-order valence-electron chi connectivity index (χ0n) is 19.5. The summed E-state index contributed by atoms with van der Waals surface area (Å²) >= 11 is 25.0. The summed E-state index contributed by atoms with van der Waals surface area (Å²) in [4.78, 5) is 4.55. The van der Waals surface area contributed by atoms with Crippen LogP contribution in [0.1, 0.15) is 22.9 Å². The standard InChI is InChI=1S/C26H16Cl4FN7/c1-38-12-23(36-37-38)25(13-2-4-18(28)19(29)6-13)35-22-8-15(27)7-17-24(14(10-32)11-33-26(17)22)34-16-3-5-21(31)20(30)9-16/h2-9,11-12,25,35H,1H3,(H,33,34). The summed E-state index contributed by atoms with van der Waals surface area (Å²) in [6, 6.07) is 14.5. The van der Waals surface area contributed by atoms with Crippen molar-refractivity contribution in [3.63, 3.8) is 0 Å². The molecule has 0 saturated carbocycles. The number of aryl methyl sites for hydroxylation is 1. The molecule has 0 fully saturated rings. The maximum Gasteiger partial charge on any atom is 0.141 e. The fourth-order valence-corrected chi connectivity index (χ4v) is 4.69. The van der Waals surface area contributed by atoms with Crippen molar-refractivity contribution in [2.24, 2.45) is 7.05 Å². The zero-order chi connectivity index (χ0) is 27.0. The Morgan fingerprint density at radius 2 is 1.82 bits per heavy atom. The van der Waals surface area contributed by atoms with Gasteiger partial charge in [-0.15, -0.1) is 5.10 Å². The molecule has 38 heavy (non-hydrogen) atoms. The number of halogens is 5. The van der Waals surface area contributed by atoms with Crippen LogP contribution in [0, 0.1) is 17.1 Å². The Labute approximate surface area is 236 Å². The van der Waals surface area contributed by atoms with Crippen LogP contribution in [-0.2, 0) is 7.05 Å². The van der Waals surface area contributed by atoms with Gasteiger partial charge in [-0.2, -0.15) is 5.26 Å². The van der Waals surface area contributed by atoms with Crippen molar-refractivity contribution in [3.8, 4) is 6.07 Å². The first kappa shape index (κ1) is 26.0. The third kappa shape index (κ3) is 5.19. The molecule has 1 atom stereocenters. The van der Waals surface area contributed by atoms with Gasteiger partial charge in [-0.05, 0) is 48.0 Å². The van der Waals surface area contributed by atoms with E-state index >= 15 is 0 Å². The summed E-state index contributed by atoms with van der Waals surface area (Å²) in [5.74, 6) is -0.552. The van der Waals surface area contributed by atoms with Gasteiger partial charge in [0.25, 0.3) is 0 Å². The summed E-state index contributed by atoms with van der Waals surface area (Å²) in [7, 11) is 1.77. The van der Waals surface area contributed by atoms with Gasteiger partial charge in [0.05, 0.1) is 49.8 Å². The van der Waals surface area contributed by atoms with Crippen LogP contribution >= 0.6 is 46.4 Å². The first-order chi connectivity index (χ1) is 18.2. The van der Waals surface area contributed by atoms with Gasteiger partial charge in [-0.25, -0.2) is 4.39 Å². The third-order valence-electron chi connectivity index (χ3n) is 5.74. The van der Waals surface area contributed by atoms with Crippen LogP contribution in [0.25, 0.3) is 10.9 Å². The number of pyridine rings is 1. The molecule has 12 heteroatoms. The zero-order valence-corrected chi connectivity index (χ0v) is 22.5.